The molecule has 0 aromatic heterocycles. The predicted octanol–water partition coefficient (Wildman–Crippen LogP) is 6.65. The van der Waals surface area contributed by atoms with Gasteiger partial charge in [-0.25, -0.2) is 4.39 Å². The maximum absolute atomic E-state index is 15.4. The fourth-order valence-corrected chi connectivity index (χ4v) is 6.64. The van der Waals surface area contributed by atoms with Crippen molar-refractivity contribution in [3.63, 3.8) is 0 Å². The molecule has 5 atom stereocenters. The van der Waals surface area contributed by atoms with Gasteiger partial charge in [0.1, 0.15) is 5.83 Å². The molecule has 146 valence electrons. The molecule has 4 aliphatic carbocycles. The molecular weight excluding hydrogens is 347 g/mol. The van der Waals surface area contributed by atoms with Crippen molar-refractivity contribution in [1.82, 2.24) is 0 Å². The van der Waals surface area contributed by atoms with Crippen molar-refractivity contribution >= 4 is 11.9 Å². The van der Waals surface area contributed by atoms with Crippen LogP contribution in [0.5, 0.6) is 0 Å². The van der Waals surface area contributed by atoms with Gasteiger partial charge in [-0.1, -0.05) is 38.0 Å². The van der Waals surface area contributed by atoms with Crippen LogP contribution in [0.3, 0.4) is 0 Å². The van der Waals surface area contributed by atoms with Gasteiger partial charge in [-0.2, -0.15) is 0 Å². The summed E-state index contributed by atoms with van der Waals surface area (Å²) in [5, 5.41) is 11.4. The Labute approximate surface area is 167 Å². The topological polar surface area (TPSA) is 35.9 Å². The van der Waals surface area contributed by atoms with Crippen LogP contribution in [0.1, 0.15) is 45.4 Å². The van der Waals surface area contributed by atoms with E-state index in [1.807, 2.05) is 42.5 Å². The molecule has 5 unspecified atom stereocenters. The molecule has 0 amide bonds. The number of halogens is 1. The predicted molar refractivity (Wildman–Crippen MR) is 113 cm³/mol. The first-order valence-corrected chi connectivity index (χ1v) is 10.8. The lowest BCUT2D eigenvalue weighted by Gasteiger charge is -2.53. The van der Waals surface area contributed by atoms with Crippen molar-refractivity contribution in [3.8, 4) is 0 Å². The van der Waals surface area contributed by atoms with Crippen LogP contribution in [0.2, 0.25) is 0 Å². The van der Waals surface area contributed by atoms with E-state index >= 15 is 4.39 Å². The van der Waals surface area contributed by atoms with E-state index in [1.54, 1.807) is 0 Å². The van der Waals surface area contributed by atoms with Crippen molar-refractivity contribution in [2.24, 2.45) is 29.1 Å². The van der Waals surface area contributed by atoms with Crippen LogP contribution < -0.4 is 5.32 Å². The molecule has 2 N–H and O–H groups in total. The fourth-order valence-electron chi connectivity index (χ4n) is 6.64. The van der Waals surface area contributed by atoms with Crippen molar-refractivity contribution in [2.75, 3.05) is 5.32 Å². The van der Waals surface area contributed by atoms with Crippen molar-refractivity contribution in [3.05, 3.63) is 65.2 Å². The van der Waals surface area contributed by atoms with Crippen LogP contribution in [0, 0.1) is 34.5 Å². The van der Waals surface area contributed by atoms with Gasteiger partial charge < -0.3 is 10.7 Å². The third-order valence-corrected chi connectivity index (χ3v) is 7.97. The van der Waals surface area contributed by atoms with Crippen LogP contribution in [0.25, 0.3) is 0 Å². The molecule has 1 aromatic carbocycles. The first-order chi connectivity index (χ1) is 13.6. The number of allylic oxidation sites excluding steroid dienone is 5. The van der Waals surface area contributed by atoms with Crippen molar-refractivity contribution in [1.29, 1.82) is 5.41 Å². The lowest BCUT2D eigenvalue weighted by Crippen LogP contribution is -2.45. The lowest BCUT2D eigenvalue weighted by atomic mass is 9.52. The summed E-state index contributed by atoms with van der Waals surface area (Å²) in [4.78, 5) is 0. The van der Waals surface area contributed by atoms with Gasteiger partial charge in [0.2, 0.25) is 0 Å². The van der Waals surface area contributed by atoms with E-state index in [0.29, 0.717) is 17.8 Å². The molecule has 2 fully saturated rings. The highest BCUT2D eigenvalue weighted by molar-refractivity contribution is 5.81. The zero-order valence-corrected chi connectivity index (χ0v) is 16.5. The number of fused-ring (bicyclic) bond motifs is 5. The molecule has 28 heavy (non-hydrogen) atoms. The van der Waals surface area contributed by atoms with E-state index in [0.717, 1.165) is 34.9 Å². The number of hydrogen-bond acceptors (Lipinski definition) is 2. The van der Waals surface area contributed by atoms with Crippen LogP contribution in [-0.4, -0.2) is 6.21 Å². The molecule has 0 bridgehead atoms. The first kappa shape index (κ1) is 17.9. The minimum Gasteiger partial charge on any atom is -0.355 e. The normalized spacial score (nSPS) is 36.6. The van der Waals surface area contributed by atoms with Gasteiger partial charge in [0.05, 0.1) is 0 Å². The Morgan fingerprint density at radius 2 is 1.96 bits per heavy atom. The van der Waals surface area contributed by atoms with Gasteiger partial charge in [-0.05, 0) is 84.8 Å². The Bertz CT molecular complexity index is 881. The van der Waals surface area contributed by atoms with Gasteiger partial charge in [0.15, 0.2) is 0 Å². The molecule has 1 aromatic rings. The fraction of sp³-hybridized carbons (Fsp3) is 0.480. The highest BCUT2D eigenvalue weighted by Gasteiger charge is 2.53. The van der Waals surface area contributed by atoms with Gasteiger partial charge in [0, 0.05) is 23.0 Å². The Morgan fingerprint density at radius 1 is 1.14 bits per heavy atom. The first-order valence-electron chi connectivity index (χ1n) is 10.8. The molecule has 2 saturated carbocycles. The average Bonchev–Trinajstić information content (AvgIpc) is 3.19. The van der Waals surface area contributed by atoms with Crippen LogP contribution in [0.15, 0.2) is 65.2 Å². The highest BCUT2D eigenvalue weighted by Crippen LogP contribution is 2.61. The summed E-state index contributed by atoms with van der Waals surface area (Å²) >= 11 is 0. The quantitative estimate of drug-likeness (QED) is 0.569. The second-order valence-electron chi connectivity index (χ2n) is 9.36. The summed E-state index contributed by atoms with van der Waals surface area (Å²) in [5.41, 5.74) is 3.46. The van der Waals surface area contributed by atoms with E-state index in [2.05, 4.69) is 12.2 Å². The molecule has 0 radical (unpaired) electrons. The zero-order chi connectivity index (χ0) is 19.3. The second kappa shape index (κ2) is 6.72. The van der Waals surface area contributed by atoms with Crippen molar-refractivity contribution in [2.45, 2.75) is 45.4 Å². The number of benzene rings is 1. The molecule has 0 aliphatic heterocycles. The molecule has 5 rings (SSSR count). The monoisotopic (exact) mass is 376 g/mol. The van der Waals surface area contributed by atoms with Crippen LogP contribution in [0.4, 0.5) is 10.1 Å². The Hall–Kier alpha value is -2.16. The second-order valence-corrected chi connectivity index (χ2v) is 9.36. The molecule has 3 heteroatoms. The smallest absolute Gasteiger partial charge is 0.123 e. The molecule has 0 heterocycles. The molecular formula is C25H29FN2. The maximum Gasteiger partial charge on any atom is 0.123 e. The summed E-state index contributed by atoms with van der Waals surface area (Å²) in [6.45, 7) is 2.25. The lowest BCUT2D eigenvalue weighted by molar-refractivity contribution is 0.0531. The Kier molecular flexibility index (Phi) is 4.30. The van der Waals surface area contributed by atoms with E-state index in [-0.39, 0.29) is 11.2 Å². The van der Waals surface area contributed by atoms with Gasteiger partial charge in [0.25, 0.3) is 0 Å². The molecule has 0 saturated heterocycles. The molecule has 4 aliphatic rings. The van der Waals surface area contributed by atoms with E-state index in [4.69, 9.17) is 5.41 Å². The highest BCUT2D eigenvalue weighted by atomic mass is 19.1. The Balaban J connectivity index is 1.54. The minimum absolute atomic E-state index is 0.0207. The van der Waals surface area contributed by atoms with Crippen molar-refractivity contribution < 1.29 is 4.39 Å². The number of hydrogen-bond donors (Lipinski definition) is 2. The van der Waals surface area contributed by atoms with Gasteiger partial charge in [-0.15, -0.1) is 0 Å². The summed E-state index contributed by atoms with van der Waals surface area (Å²) in [5.74, 6) is 2.31. The minimum atomic E-state index is -0.203. The summed E-state index contributed by atoms with van der Waals surface area (Å²) in [6.07, 6.45) is 12.6. The third kappa shape index (κ3) is 2.70. The zero-order valence-electron chi connectivity index (χ0n) is 16.5. The Morgan fingerprint density at radius 3 is 2.75 bits per heavy atom. The molecule has 2 nitrogen and oxygen atoms in total. The number of anilines is 1. The van der Waals surface area contributed by atoms with Gasteiger partial charge >= 0.3 is 0 Å². The SMILES string of the molecule is CC12CC(C=N)=C(Nc3ccccc3)C=C1C(F)=CC1C3CCCC3CCC12. The average molecular weight is 377 g/mol. The van der Waals surface area contributed by atoms with E-state index in [1.165, 1.54) is 38.3 Å². The summed E-state index contributed by atoms with van der Waals surface area (Å²) < 4.78 is 15.4. The van der Waals surface area contributed by atoms with E-state index < -0.39 is 0 Å². The number of para-hydroxylation sites is 1. The van der Waals surface area contributed by atoms with Crippen LogP contribution in [-0.2, 0) is 0 Å². The summed E-state index contributed by atoms with van der Waals surface area (Å²) in [6, 6.07) is 9.96. The third-order valence-electron chi connectivity index (χ3n) is 7.97. The number of rotatable bonds is 3. The summed E-state index contributed by atoms with van der Waals surface area (Å²) in [7, 11) is 0. The van der Waals surface area contributed by atoms with E-state index in [9.17, 15) is 0 Å². The van der Waals surface area contributed by atoms with Gasteiger partial charge in [-0.3, -0.25) is 0 Å². The van der Waals surface area contributed by atoms with Crippen LogP contribution >= 0.6 is 0 Å². The molecule has 0 spiro atoms. The maximum atomic E-state index is 15.4. The largest absolute Gasteiger partial charge is 0.355 e. The standard InChI is InChI=1S/C25H29FN2/c1-25-14-17(15-27)24(28-18-7-3-2-4-8-18)13-22(25)23(26)12-20-19-9-5-6-16(19)10-11-21(20)25/h2-4,7-8,12-13,15-16,19-21,27-28H,5-6,9-11,14H2,1H3. The number of nitrogens with one attached hydrogen (secondary N) is 2.